The first-order valence-electron chi connectivity index (χ1n) is 18.5. The summed E-state index contributed by atoms with van der Waals surface area (Å²) < 4.78 is 33.7. The van der Waals surface area contributed by atoms with Crippen molar-refractivity contribution in [1.29, 1.82) is 0 Å². The molecule has 3 aromatic rings. The van der Waals surface area contributed by atoms with Gasteiger partial charge in [-0.25, -0.2) is 13.1 Å². The fourth-order valence-corrected chi connectivity index (χ4v) is 9.65. The monoisotopic (exact) mass is 730 g/mol. The summed E-state index contributed by atoms with van der Waals surface area (Å²) in [7, 11) is -4.36. The molecule has 278 valence electrons. The molecule has 2 bridgehead atoms. The zero-order valence-corrected chi connectivity index (χ0v) is 30.9. The molecule has 2 saturated carbocycles. The fourth-order valence-electron chi connectivity index (χ4n) is 8.66. The Balaban J connectivity index is 0.915. The number of nitro groups is 1. The summed E-state index contributed by atoms with van der Waals surface area (Å²) >= 11 is 0. The van der Waals surface area contributed by atoms with Crippen molar-refractivity contribution in [1.82, 2.24) is 9.62 Å². The number of ether oxygens (including phenoxy) is 1. The van der Waals surface area contributed by atoms with E-state index in [0.29, 0.717) is 37.1 Å². The smallest absolute Gasteiger partial charge is 0.293 e. The Morgan fingerprint density at radius 2 is 1.69 bits per heavy atom. The number of hydrogen-bond acceptors (Lipinski definition) is 10. The van der Waals surface area contributed by atoms with Gasteiger partial charge in [0.2, 0.25) is 0 Å². The van der Waals surface area contributed by atoms with E-state index in [1.165, 1.54) is 42.6 Å². The molecule has 2 saturated heterocycles. The lowest BCUT2D eigenvalue weighted by Crippen LogP contribution is -2.46. The van der Waals surface area contributed by atoms with Gasteiger partial charge >= 0.3 is 0 Å². The third-order valence-corrected chi connectivity index (χ3v) is 13.2. The number of rotatable bonds is 12. The molecule has 0 aromatic heterocycles. The van der Waals surface area contributed by atoms with Crippen molar-refractivity contribution >= 4 is 38.7 Å². The predicted octanol–water partition coefficient (Wildman–Crippen LogP) is 6.11. The molecule has 3 N–H and O–H groups in total. The Kier molecular flexibility index (Phi) is 10.5. The number of nitro benzene ring substituents is 1. The van der Waals surface area contributed by atoms with Crippen LogP contribution in [0.4, 0.5) is 22.7 Å². The standard InChI is InChI=1S/C39H50N6O6S/c1-39(2)24-30-21-31(39)22-36(30)41-34-6-4-3-5-29(34)26-43-15-17-44(18-16-43)32-9-7-28(8-10-32)38(46)42-52(49,50)33-11-12-35(37(23-33)45(47)48)40-25-27-13-19-51-20-14-27/h3-12,23,27,30-31,36,40-41H,13-22,24-26H2,1-2H3,(H,42,46)/t30-,31+,36?/m1/s1. The van der Waals surface area contributed by atoms with E-state index in [9.17, 15) is 23.3 Å². The fraction of sp³-hybridized carbons (Fsp3) is 0.513. The number of para-hydroxylation sites is 1. The number of anilines is 3. The summed E-state index contributed by atoms with van der Waals surface area (Å²) in [4.78, 5) is 28.6. The molecule has 3 aromatic carbocycles. The number of hydrogen-bond donors (Lipinski definition) is 3. The molecule has 1 unspecified atom stereocenters. The van der Waals surface area contributed by atoms with Crippen LogP contribution in [-0.4, -0.2) is 76.1 Å². The van der Waals surface area contributed by atoms with Crippen LogP contribution in [0.15, 0.2) is 71.6 Å². The number of benzene rings is 3. The van der Waals surface area contributed by atoms with Crippen molar-refractivity contribution in [2.24, 2.45) is 23.2 Å². The van der Waals surface area contributed by atoms with Crippen LogP contribution in [0.2, 0.25) is 0 Å². The molecule has 0 radical (unpaired) electrons. The highest BCUT2D eigenvalue weighted by atomic mass is 32.2. The largest absolute Gasteiger partial charge is 0.382 e. The third-order valence-electron chi connectivity index (χ3n) is 11.8. The van der Waals surface area contributed by atoms with Crippen molar-refractivity contribution in [3.8, 4) is 0 Å². The highest BCUT2D eigenvalue weighted by Crippen LogP contribution is 2.56. The van der Waals surface area contributed by atoms with E-state index in [0.717, 1.165) is 69.2 Å². The van der Waals surface area contributed by atoms with Crippen LogP contribution in [0.1, 0.15) is 61.9 Å². The van der Waals surface area contributed by atoms with Gasteiger partial charge in [0.25, 0.3) is 21.6 Å². The molecule has 1 amide bonds. The minimum atomic E-state index is -4.36. The van der Waals surface area contributed by atoms with Gasteiger partial charge in [0, 0.05) is 81.5 Å². The van der Waals surface area contributed by atoms with E-state index in [1.54, 1.807) is 12.1 Å². The van der Waals surface area contributed by atoms with Crippen LogP contribution in [0.25, 0.3) is 0 Å². The van der Waals surface area contributed by atoms with Gasteiger partial charge in [-0.15, -0.1) is 0 Å². The molecule has 4 fully saturated rings. The van der Waals surface area contributed by atoms with Crippen LogP contribution in [-0.2, 0) is 21.3 Å². The molecule has 12 nitrogen and oxygen atoms in total. The van der Waals surface area contributed by atoms with Gasteiger partial charge in [0.05, 0.1) is 9.82 Å². The number of sulfonamides is 1. The van der Waals surface area contributed by atoms with Crippen molar-refractivity contribution in [2.45, 2.75) is 63.4 Å². The van der Waals surface area contributed by atoms with Crippen LogP contribution < -0.4 is 20.3 Å². The molecule has 2 aliphatic heterocycles. The number of amides is 1. The van der Waals surface area contributed by atoms with E-state index in [1.807, 2.05) is 12.1 Å². The van der Waals surface area contributed by atoms with Gasteiger partial charge in [0.15, 0.2) is 0 Å². The number of piperazine rings is 1. The second kappa shape index (κ2) is 15.0. The average molecular weight is 731 g/mol. The Bertz CT molecular complexity index is 1870. The molecule has 7 rings (SSSR count). The highest BCUT2D eigenvalue weighted by molar-refractivity contribution is 7.90. The Labute approximate surface area is 306 Å². The topological polar surface area (TPSA) is 146 Å². The van der Waals surface area contributed by atoms with Gasteiger partial charge < -0.3 is 20.3 Å². The maximum Gasteiger partial charge on any atom is 0.293 e. The summed E-state index contributed by atoms with van der Waals surface area (Å²) in [5.74, 6) is 1.08. The first kappa shape index (κ1) is 36.2. The summed E-state index contributed by atoms with van der Waals surface area (Å²) in [6.07, 6.45) is 5.61. The van der Waals surface area contributed by atoms with Gasteiger partial charge in [-0.2, -0.15) is 0 Å². The third kappa shape index (κ3) is 8.06. The van der Waals surface area contributed by atoms with Gasteiger partial charge in [-0.05, 0) is 103 Å². The van der Waals surface area contributed by atoms with E-state index in [4.69, 9.17) is 4.74 Å². The van der Waals surface area contributed by atoms with E-state index >= 15 is 0 Å². The van der Waals surface area contributed by atoms with Crippen molar-refractivity contribution in [3.05, 3.63) is 88.0 Å². The SMILES string of the molecule is CC1(C)C[C@H]2C[C@H]1CC2Nc1ccccc1CN1CCN(c2ccc(C(=O)NS(=O)(=O)c3ccc(NCC4CCOCC4)c([N+](=O)[O-])c3)cc2)CC1. The lowest BCUT2D eigenvalue weighted by atomic mass is 9.75. The number of fused-ring (bicyclic) bond motifs is 2. The highest BCUT2D eigenvalue weighted by Gasteiger charge is 2.50. The van der Waals surface area contributed by atoms with Gasteiger partial charge in [-0.3, -0.25) is 19.8 Å². The number of carbonyl (C=O) groups is 1. The molecule has 2 heterocycles. The molecule has 3 atom stereocenters. The lowest BCUT2D eigenvalue weighted by molar-refractivity contribution is -0.384. The molecule has 4 aliphatic rings. The lowest BCUT2D eigenvalue weighted by Gasteiger charge is -2.37. The van der Waals surface area contributed by atoms with Gasteiger partial charge in [-0.1, -0.05) is 32.0 Å². The quantitative estimate of drug-likeness (QED) is 0.147. The molecule has 0 spiro atoms. The molecule has 2 aliphatic carbocycles. The van der Waals surface area contributed by atoms with E-state index in [2.05, 4.69) is 63.3 Å². The van der Waals surface area contributed by atoms with Crippen molar-refractivity contribution in [2.75, 3.05) is 61.5 Å². The Morgan fingerprint density at radius 1 is 0.962 bits per heavy atom. The van der Waals surface area contributed by atoms with E-state index in [-0.39, 0.29) is 21.8 Å². The first-order chi connectivity index (χ1) is 24.9. The number of nitrogens with zero attached hydrogens (tertiary/aromatic N) is 3. The molecular formula is C39H50N6O6S. The summed E-state index contributed by atoms with van der Waals surface area (Å²) in [6.45, 7) is 11.0. The zero-order valence-electron chi connectivity index (χ0n) is 30.1. The minimum Gasteiger partial charge on any atom is -0.382 e. The second-order valence-electron chi connectivity index (χ2n) is 15.6. The summed E-state index contributed by atoms with van der Waals surface area (Å²) in [5, 5.41) is 18.8. The summed E-state index contributed by atoms with van der Waals surface area (Å²) in [6, 6.07) is 19.8. The Hall–Kier alpha value is -4.20. The van der Waals surface area contributed by atoms with Crippen LogP contribution in [0.3, 0.4) is 0 Å². The van der Waals surface area contributed by atoms with Crippen molar-refractivity contribution < 1.29 is 22.9 Å². The number of nitrogens with one attached hydrogen (secondary N) is 3. The van der Waals surface area contributed by atoms with Crippen LogP contribution in [0.5, 0.6) is 0 Å². The minimum absolute atomic E-state index is 0.179. The molecule has 52 heavy (non-hydrogen) atoms. The molecule has 13 heteroatoms. The normalized spacial score (nSPS) is 23.3. The zero-order chi connectivity index (χ0) is 36.5. The van der Waals surface area contributed by atoms with Crippen LogP contribution in [0, 0.1) is 33.3 Å². The second-order valence-corrected chi connectivity index (χ2v) is 17.3. The van der Waals surface area contributed by atoms with Gasteiger partial charge in [0.1, 0.15) is 5.69 Å². The summed E-state index contributed by atoms with van der Waals surface area (Å²) in [5.41, 5.74) is 4.06. The maximum absolute atomic E-state index is 13.1. The molecular weight excluding hydrogens is 681 g/mol. The Morgan fingerprint density at radius 3 is 2.37 bits per heavy atom. The van der Waals surface area contributed by atoms with Crippen LogP contribution >= 0.6 is 0 Å². The first-order valence-corrected chi connectivity index (χ1v) is 20.0. The predicted molar refractivity (Wildman–Crippen MR) is 202 cm³/mol. The van der Waals surface area contributed by atoms with E-state index < -0.39 is 20.9 Å². The maximum atomic E-state index is 13.1. The average Bonchev–Trinajstić information content (AvgIpc) is 3.67. The number of carbonyl (C=O) groups excluding carboxylic acids is 1. The van der Waals surface area contributed by atoms with Crippen molar-refractivity contribution in [3.63, 3.8) is 0 Å².